The molecule has 0 fully saturated rings. The van der Waals surface area contributed by atoms with Gasteiger partial charge in [0.15, 0.2) is 0 Å². The summed E-state index contributed by atoms with van der Waals surface area (Å²) in [6.07, 6.45) is 6.20. The Morgan fingerprint density at radius 2 is 1.55 bits per heavy atom. The summed E-state index contributed by atoms with van der Waals surface area (Å²) >= 11 is 12.8. The molecule has 0 aromatic heterocycles. The highest BCUT2D eigenvalue weighted by Gasteiger charge is 2.00. The molecule has 0 unspecified atom stereocenters. The quantitative estimate of drug-likeness (QED) is 0.417. The Labute approximate surface area is 86.8 Å². The Morgan fingerprint density at radius 3 is 2.09 bits per heavy atom. The smallest absolute Gasteiger partial charge is 0.00245 e. The maximum absolute atomic E-state index is 4.44. The van der Waals surface area contributed by atoms with E-state index in [1.165, 1.54) is 25.7 Å². The third-order valence-electron chi connectivity index (χ3n) is 1.66. The summed E-state index contributed by atoms with van der Waals surface area (Å²) < 4.78 is 0. The van der Waals surface area contributed by atoms with Crippen molar-refractivity contribution in [1.29, 1.82) is 0 Å². The Balaban J connectivity index is 2.97. The molecule has 1 atom stereocenters. The zero-order valence-corrected chi connectivity index (χ0v) is 9.55. The summed E-state index contributed by atoms with van der Waals surface area (Å²) in [4.78, 5) is 0. The van der Waals surface area contributed by atoms with Gasteiger partial charge in [0.25, 0.3) is 0 Å². The van der Waals surface area contributed by atoms with Crippen LogP contribution in [0, 0.1) is 0 Å². The fourth-order valence-corrected chi connectivity index (χ4v) is 2.01. The van der Waals surface area contributed by atoms with E-state index in [4.69, 9.17) is 0 Å². The SMILES string of the molecule is SCCCCC[C@@H](S)CCS. The van der Waals surface area contributed by atoms with Crippen molar-refractivity contribution in [3.05, 3.63) is 0 Å². The molecule has 11 heavy (non-hydrogen) atoms. The van der Waals surface area contributed by atoms with Crippen molar-refractivity contribution in [3.8, 4) is 0 Å². The molecule has 0 spiro atoms. The van der Waals surface area contributed by atoms with E-state index >= 15 is 0 Å². The molecule has 0 radical (unpaired) electrons. The van der Waals surface area contributed by atoms with E-state index in [2.05, 4.69) is 37.9 Å². The highest BCUT2D eigenvalue weighted by Crippen LogP contribution is 2.12. The van der Waals surface area contributed by atoms with Crippen LogP contribution in [0.25, 0.3) is 0 Å². The molecule has 0 aliphatic rings. The Morgan fingerprint density at radius 1 is 0.818 bits per heavy atom. The summed E-state index contributed by atoms with van der Waals surface area (Å²) in [5.74, 6) is 1.98. The maximum atomic E-state index is 4.44. The molecule has 0 saturated heterocycles. The van der Waals surface area contributed by atoms with Crippen molar-refractivity contribution in [2.75, 3.05) is 11.5 Å². The lowest BCUT2D eigenvalue weighted by Crippen LogP contribution is -1.99. The highest BCUT2D eigenvalue weighted by atomic mass is 32.1. The summed E-state index contributed by atoms with van der Waals surface area (Å²) in [6.45, 7) is 0. The van der Waals surface area contributed by atoms with E-state index in [1.807, 2.05) is 0 Å². The van der Waals surface area contributed by atoms with Gasteiger partial charge < -0.3 is 0 Å². The monoisotopic (exact) mass is 210 g/mol. The first kappa shape index (κ1) is 12.0. The summed E-state index contributed by atoms with van der Waals surface area (Å²) in [7, 11) is 0. The van der Waals surface area contributed by atoms with Crippen molar-refractivity contribution in [2.24, 2.45) is 0 Å². The van der Waals surface area contributed by atoms with Gasteiger partial charge in [-0.1, -0.05) is 12.8 Å². The zero-order valence-electron chi connectivity index (χ0n) is 6.87. The second-order valence-corrected chi connectivity index (χ2v) is 4.36. The lowest BCUT2D eigenvalue weighted by Gasteiger charge is -2.07. The average Bonchev–Trinajstić information content (AvgIpc) is 1.99. The molecule has 0 aromatic carbocycles. The third-order valence-corrected chi connectivity index (χ3v) is 2.75. The maximum Gasteiger partial charge on any atom is 0.00245 e. The summed E-state index contributed by atoms with van der Waals surface area (Å²) in [5, 5.41) is 0.562. The van der Waals surface area contributed by atoms with E-state index < -0.39 is 0 Å². The highest BCUT2D eigenvalue weighted by molar-refractivity contribution is 7.81. The minimum absolute atomic E-state index is 0.562. The fraction of sp³-hybridized carbons (Fsp3) is 1.00. The topological polar surface area (TPSA) is 0 Å². The van der Waals surface area contributed by atoms with Gasteiger partial charge in [0.2, 0.25) is 0 Å². The van der Waals surface area contributed by atoms with Crippen LogP contribution in [0.5, 0.6) is 0 Å². The summed E-state index contributed by atoms with van der Waals surface area (Å²) in [6, 6.07) is 0. The molecule has 0 N–H and O–H groups in total. The second kappa shape index (κ2) is 9.14. The molecular weight excluding hydrogens is 192 g/mol. The van der Waals surface area contributed by atoms with Crippen LogP contribution in [-0.2, 0) is 0 Å². The van der Waals surface area contributed by atoms with Gasteiger partial charge in [-0.15, -0.1) is 0 Å². The van der Waals surface area contributed by atoms with E-state index in [9.17, 15) is 0 Å². The molecular formula is C8H18S3. The molecule has 0 aliphatic carbocycles. The molecule has 0 bridgehead atoms. The van der Waals surface area contributed by atoms with Crippen LogP contribution in [0.2, 0.25) is 0 Å². The number of hydrogen-bond acceptors (Lipinski definition) is 3. The molecule has 0 aromatic rings. The van der Waals surface area contributed by atoms with Crippen molar-refractivity contribution in [3.63, 3.8) is 0 Å². The van der Waals surface area contributed by atoms with Crippen LogP contribution in [0.4, 0.5) is 0 Å². The number of unbranched alkanes of at least 4 members (excludes halogenated alkanes) is 2. The van der Waals surface area contributed by atoms with E-state index in [1.54, 1.807) is 0 Å². The van der Waals surface area contributed by atoms with E-state index in [0.29, 0.717) is 5.25 Å². The fourth-order valence-electron chi connectivity index (χ4n) is 0.962. The van der Waals surface area contributed by atoms with Crippen LogP contribution < -0.4 is 0 Å². The van der Waals surface area contributed by atoms with E-state index in [-0.39, 0.29) is 0 Å². The van der Waals surface area contributed by atoms with Gasteiger partial charge in [0.1, 0.15) is 0 Å². The molecule has 0 saturated carbocycles. The van der Waals surface area contributed by atoms with E-state index in [0.717, 1.165) is 17.9 Å². The lowest BCUT2D eigenvalue weighted by atomic mass is 10.1. The Kier molecular flexibility index (Phi) is 10.0. The second-order valence-electron chi connectivity index (χ2n) is 2.74. The average molecular weight is 210 g/mol. The van der Waals surface area contributed by atoms with Gasteiger partial charge in [-0.2, -0.15) is 37.9 Å². The number of thiol groups is 3. The minimum Gasteiger partial charge on any atom is -0.179 e. The first-order valence-corrected chi connectivity index (χ1v) is 5.99. The minimum atomic E-state index is 0.562. The third kappa shape index (κ3) is 8.96. The van der Waals surface area contributed by atoms with Gasteiger partial charge in [-0.05, 0) is 30.8 Å². The molecule has 68 valence electrons. The Bertz CT molecular complexity index is 75.7. The largest absolute Gasteiger partial charge is 0.179 e. The number of hydrogen-bond donors (Lipinski definition) is 3. The molecule has 3 heteroatoms. The van der Waals surface area contributed by atoms with Crippen molar-refractivity contribution >= 4 is 37.9 Å². The van der Waals surface area contributed by atoms with Crippen LogP contribution >= 0.6 is 37.9 Å². The lowest BCUT2D eigenvalue weighted by molar-refractivity contribution is 0.643. The zero-order chi connectivity index (χ0) is 8.53. The Hall–Kier alpha value is 1.05. The van der Waals surface area contributed by atoms with Gasteiger partial charge in [-0.25, -0.2) is 0 Å². The summed E-state index contributed by atoms with van der Waals surface area (Å²) in [5.41, 5.74) is 0. The predicted octanol–water partition coefficient (Wildman–Crippen LogP) is 3.09. The van der Waals surface area contributed by atoms with Crippen LogP contribution in [0.1, 0.15) is 32.1 Å². The van der Waals surface area contributed by atoms with Gasteiger partial charge in [0.05, 0.1) is 0 Å². The van der Waals surface area contributed by atoms with Crippen LogP contribution in [-0.4, -0.2) is 16.8 Å². The molecule has 0 amide bonds. The molecule has 0 heterocycles. The first-order chi connectivity index (χ1) is 5.31. The van der Waals surface area contributed by atoms with Crippen LogP contribution in [0.3, 0.4) is 0 Å². The molecule has 0 rings (SSSR count). The van der Waals surface area contributed by atoms with Crippen molar-refractivity contribution in [2.45, 2.75) is 37.4 Å². The van der Waals surface area contributed by atoms with Gasteiger partial charge in [-0.3, -0.25) is 0 Å². The predicted molar refractivity (Wildman–Crippen MR) is 63.6 cm³/mol. The number of rotatable bonds is 7. The van der Waals surface area contributed by atoms with Crippen LogP contribution in [0.15, 0.2) is 0 Å². The molecule has 0 nitrogen and oxygen atoms in total. The standard InChI is InChI=1S/C8H18S3/c9-6-3-1-2-4-8(11)5-7-10/h8-11H,1-7H2/t8-/m1/s1. The van der Waals surface area contributed by atoms with Crippen molar-refractivity contribution in [1.82, 2.24) is 0 Å². The van der Waals surface area contributed by atoms with Gasteiger partial charge >= 0.3 is 0 Å². The molecule has 0 aliphatic heterocycles. The van der Waals surface area contributed by atoms with Crippen molar-refractivity contribution < 1.29 is 0 Å². The van der Waals surface area contributed by atoms with Gasteiger partial charge in [0, 0.05) is 5.25 Å². The first-order valence-electron chi connectivity index (χ1n) is 4.21. The normalized spacial score (nSPS) is 13.4.